The molecule has 7 nitrogen and oxygen atoms in total. The standard InChI is InChI=1S/C13H15N3O4/c1-15-8-12(18)16(13(15)19)7-11(17)14-9-4-3-5-10(6-9)20-2/h3-6H,7-8H2,1-2H3,(H,14,17). The quantitative estimate of drug-likeness (QED) is 0.814. The van der Waals surface area contributed by atoms with Crippen molar-refractivity contribution in [3.05, 3.63) is 24.3 Å². The Labute approximate surface area is 116 Å². The first-order valence-electron chi connectivity index (χ1n) is 6.00. The number of imide groups is 1. The highest BCUT2D eigenvalue weighted by atomic mass is 16.5. The van der Waals surface area contributed by atoms with Crippen LogP contribution in [0, 0.1) is 0 Å². The number of anilines is 1. The van der Waals surface area contributed by atoms with E-state index in [0.717, 1.165) is 4.90 Å². The third kappa shape index (κ3) is 2.87. The number of hydrogen-bond acceptors (Lipinski definition) is 4. The molecule has 0 bridgehead atoms. The van der Waals surface area contributed by atoms with Crippen molar-refractivity contribution in [2.75, 3.05) is 32.6 Å². The highest BCUT2D eigenvalue weighted by molar-refractivity contribution is 6.06. The summed E-state index contributed by atoms with van der Waals surface area (Å²) < 4.78 is 5.04. The average molecular weight is 277 g/mol. The number of ether oxygens (including phenoxy) is 1. The minimum Gasteiger partial charge on any atom is -0.497 e. The summed E-state index contributed by atoms with van der Waals surface area (Å²) in [5.74, 6) is -0.204. The number of benzene rings is 1. The van der Waals surface area contributed by atoms with Crippen LogP contribution < -0.4 is 10.1 Å². The lowest BCUT2D eigenvalue weighted by Crippen LogP contribution is -2.38. The summed E-state index contributed by atoms with van der Waals surface area (Å²) in [4.78, 5) is 37.2. The Balaban J connectivity index is 1.99. The van der Waals surface area contributed by atoms with Gasteiger partial charge in [0.05, 0.1) is 7.11 Å². The highest BCUT2D eigenvalue weighted by Crippen LogP contribution is 2.17. The van der Waals surface area contributed by atoms with Crippen LogP contribution in [0.1, 0.15) is 0 Å². The molecule has 0 aliphatic carbocycles. The molecule has 1 N–H and O–H groups in total. The largest absolute Gasteiger partial charge is 0.497 e. The Morgan fingerprint density at radius 3 is 2.75 bits per heavy atom. The molecule has 1 aromatic carbocycles. The van der Waals surface area contributed by atoms with Crippen LogP contribution in [0.5, 0.6) is 5.75 Å². The summed E-state index contributed by atoms with van der Waals surface area (Å²) in [5.41, 5.74) is 0.543. The minimum absolute atomic E-state index is 0.00523. The van der Waals surface area contributed by atoms with E-state index in [2.05, 4.69) is 5.32 Å². The van der Waals surface area contributed by atoms with Gasteiger partial charge in [-0.3, -0.25) is 14.5 Å². The van der Waals surface area contributed by atoms with Gasteiger partial charge < -0.3 is 15.0 Å². The van der Waals surface area contributed by atoms with Crippen molar-refractivity contribution in [3.8, 4) is 5.75 Å². The molecule has 0 unspecified atom stereocenters. The molecule has 1 aromatic rings. The van der Waals surface area contributed by atoms with Gasteiger partial charge in [-0.15, -0.1) is 0 Å². The molecular weight excluding hydrogens is 262 g/mol. The monoisotopic (exact) mass is 277 g/mol. The second kappa shape index (κ2) is 5.60. The van der Waals surface area contributed by atoms with Crippen LogP contribution in [0.3, 0.4) is 0 Å². The number of urea groups is 1. The Hall–Kier alpha value is -2.57. The third-order valence-corrected chi connectivity index (χ3v) is 2.89. The van der Waals surface area contributed by atoms with Crippen LogP contribution >= 0.6 is 0 Å². The number of carbonyl (C=O) groups is 3. The van der Waals surface area contributed by atoms with Gasteiger partial charge in [0.1, 0.15) is 18.8 Å². The number of amides is 4. The van der Waals surface area contributed by atoms with Gasteiger partial charge in [0, 0.05) is 18.8 Å². The Morgan fingerprint density at radius 1 is 1.40 bits per heavy atom. The van der Waals surface area contributed by atoms with Crippen LogP contribution in [0.4, 0.5) is 10.5 Å². The number of hydrogen-bond donors (Lipinski definition) is 1. The summed E-state index contributed by atoms with van der Waals surface area (Å²) >= 11 is 0. The average Bonchev–Trinajstić information content (AvgIpc) is 2.65. The van der Waals surface area contributed by atoms with Crippen molar-refractivity contribution in [1.82, 2.24) is 9.80 Å². The molecule has 1 fully saturated rings. The SMILES string of the molecule is COc1cccc(NC(=O)CN2C(=O)CN(C)C2=O)c1. The Kier molecular flexibility index (Phi) is 3.88. The van der Waals surface area contributed by atoms with E-state index >= 15 is 0 Å². The maximum absolute atomic E-state index is 11.8. The fourth-order valence-corrected chi connectivity index (χ4v) is 1.87. The zero-order valence-corrected chi connectivity index (χ0v) is 11.3. The van der Waals surface area contributed by atoms with Crippen LogP contribution in [0.15, 0.2) is 24.3 Å². The van der Waals surface area contributed by atoms with Crippen molar-refractivity contribution < 1.29 is 19.1 Å². The van der Waals surface area contributed by atoms with Gasteiger partial charge in [-0.25, -0.2) is 4.79 Å². The Bertz CT molecular complexity index is 558. The summed E-state index contributed by atoms with van der Waals surface area (Å²) in [5, 5.41) is 2.62. The van der Waals surface area contributed by atoms with E-state index in [9.17, 15) is 14.4 Å². The van der Waals surface area contributed by atoms with Crippen molar-refractivity contribution >= 4 is 23.5 Å². The second-order valence-electron chi connectivity index (χ2n) is 4.40. The first-order valence-corrected chi connectivity index (χ1v) is 6.00. The number of nitrogens with one attached hydrogen (secondary N) is 1. The van der Waals surface area contributed by atoms with E-state index in [0.29, 0.717) is 11.4 Å². The fourth-order valence-electron chi connectivity index (χ4n) is 1.87. The van der Waals surface area contributed by atoms with Gasteiger partial charge >= 0.3 is 6.03 Å². The van der Waals surface area contributed by atoms with E-state index in [1.807, 2.05) is 0 Å². The van der Waals surface area contributed by atoms with Gasteiger partial charge in [0.15, 0.2) is 0 Å². The van der Waals surface area contributed by atoms with Gasteiger partial charge in [0.2, 0.25) is 5.91 Å². The second-order valence-corrected chi connectivity index (χ2v) is 4.40. The predicted octanol–water partition coefficient (Wildman–Crippen LogP) is 0.528. The zero-order chi connectivity index (χ0) is 14.7. The summed E-state index contributed by atoms with van der Waals surface area (Å²) in [6.45, 7) is -0.287. The molecule has 0 radical (unpaired) electrons. The Morgan fingerprint density at radius 2 is 2.15 bits per heavy atom. The summed E-state index contributed by atoms with van der Waals surface area (Å²) in [6.07, 6.45) is 0. The van der Waals surface area contributed by atoms with Gasteiger partial charge in [-0.1, -0.05) is 6.07 Å². The lowest BCUT2D eigenvalue weighted by Gasteiger charge is -2.14. The molecule has 0 spiro atoms. The van der Waals surface area contributed by atoms with Crippen LogP contribution in [-0.4, -0.2) is 54.9 Å². The lowest BCUT2D eigenvalue weighted by molar-refractivity contribution is -0.129. The molecule has 4 amide bonds. The summed E-state index contributed by atoms with van der Waals surface area (Å²) in [6, 6.07) is 6.36. The van der Waals surface area contributed by atoms with Crippen LogP contribution in [0.25, 0.3) is 0 Å². The predicted molar refractivity (Wildman–Crippen MR) is 71.4 cm³/mol. The fraction of sp³-hybridized carbons (Fsp3) is 0.308. The smallest absolute Gasteiger partial charge is 0.327 e. The van der Waals surface area contributed by atoms with Crippen molar-refractivity contribution in [1.29, 1.82) is 0 Å². The van der Waals surface area contributed by atoms with Gasteiger partial charge in [-0.2, -0.15) is 0 Å². The van der Waals surface area contributed by atoms with Gasteiger partial charge in [0.25, 0.3) is 5.91 Å². The van der Waals surface area contributed by atoms with E-state index in [1.54, 1.807) is 24.3 Å². The number of methoxy groups -OCH3 is 1. The molecule has 7 heteroatoms. The normalized spacial score (nSPS) is 14.7. The summed E-state index contributed by atoms with van der Waals surface area (Å²) in [7, 11) is 3.04. The van der Waals surface area contributed by atoms with Crippen molar-refractivity contribution in [3.63, 3.8) is 0 Å². The highest BCUT2D eigenvalue weighted by Gasteiger charge is 2.34. The van der Waals surface area contributed by atoms with Crippen LogP contribution in [-0.2, 0) is 9.59 Å². The number of nitrogens with zero attached hydrogens (tertiary/aromatic N) is 2. The maximum Gasteiger partial charge on any atom is 0.327 e. The molecule has 0 aromatic heterocycles. The first-order chi connectivity index (χ1) is 9.51. The molecule has 0 atom stereocenters. The molecule has 1 saturated heterocycles. The zero-order valence-electron chi connectivity index (χ0n) is 11.3. The third-order valence-electron chi connectivity index (χ3n) is 2.89. The van der Waals surface area contributed by atoms with Gasteiger partial charge in [-0.05, 0) is 12.1 Å². The van der Waals surface area contributed by atoms with E-state index in [4.69, 9.17) is 4.74 Å². The topological polar surface area (TPSA) is 79.0 Å². The van der Waals surface area contributed by atoms with E-state index in [1.165, 1.54) is 19.1 Å². The van der Waals surface area contributed by atoms with E-state index in [-0.39, 0.29) is 19.0 Å². The molecule has 1 heterocycles. The maximum atomic E-state index is 11.8. The first kappa shape index (κ1) is 13.9. The van der Waals surface area contributed by atoms with E-state index < -0.39 is 11.9 Å². The molecule has 1 aliphatic rings. The number of carbonyl (C=O) groups excluding carboxylic acids is 3. The molecule has 1 aliphatic heterocycles. The minimum atomic E-state index is -0.462. The number of rotatable bonds is 4. The number of likely N-dealkylation sites (N-methyl/N-ethyl adjacent to an activating group) is 1. The molecule has 2 rings (SSSR count). The molecular formula is C13H15N3O4. The molecule has 0 saturated carbocycles. The molecule has 106 valence electrons. The van der Waals surface area contributed by atoms with Crippen molar-refractivity contribution in [2.45, 2.75) is 0 Å². The lowest BCUT2D eigenvalue weighted by atomic mass is 10.3. The van der Waals surface area contributed by atoms with Crippen molar-refractivity contribution in [2.24, 2.45) is 0 Å². The molecule has 20 heavy (non-hydrogen) atoms. The van der Waals surface area contributed by atoms with Crippen LogP contribution in [0.2, 0.25) is 0 Å².